The van der Waals surface area contributed by atoms with Crippen molar-refractivity contribution in [1.29, 1.82) is 0 Å². The Morgan fingerprint density at radius 3 is 1.84 bits per heavy atom. The van der Waals surface area contributed by atoms with Gasteiger partial charge < -0.3 is 5.32 Å². The van der Waals surface area contributed by atoms with E-state index in [0.717, 1.165) is 12.8 Å². The zero-order chi connectivity index (χ0) is 22.8. The van der Waals surface area contributed by atoms with Crippen molar-refractivity contribution in [3.63, 3.8) is 0 Å². The van der Waals surface area contributed by atoms with Crippen LogP contribution in [0.5, 0.6) is 0 Å². The lowest BCUT2D eigenvalue weighted by atomic mass is 9.87. The average Bonchev–Trinajstić information content (AvgIpc) is 2.74. The van der Waals surface area contributed by atoms with Crippen molar-refractivity contribution in [3.05, 3.63) is 47.5 Å². The van der Waals surface area contributed by atoms with Crippen molar-refractivity contribution in [2.75, 3.05) is 0 Å². The highest BCUT2D eigenvalue weighted by molar-refractivity contribution is 5.75. The third kappa shape index (κ3) is 15.0. The van der Waals surface area contributed by atoms with Crippen LogP contribution in [-0.4, -0.2) is 5.91 Å². The molecule has 0 aliphatic heterocycles. The first-order chi connectivity index (χ1) is 14.9. The number of nitrogens with one attached hydrogen (secondary N) is 1. The van der Waals surface area contributed by atoms with Gasteiger partial charge in [0.2, 0.25) is 5.91 Å². The summed E-state index contributed by atoms with van der Waals surface area (Å²) < 4.78 is 0. The molecular formula is C29H49NO. The predicted molar refractivity (Wildman–Crippen MR) is 136 cm³/mol. The van der Waals surface area contributed by atoms with Gasteiger partial charge in [-0.15, -0.1) is 0 Å². The Balaban J connectivity index is 1.94. The third-order valence-electron chi connectivity index (χ3n) is 5.98. The molecule has 31 heavy (non-hydrogen) atoms. The highest BCUT2D eigenvalue weighted by Gasteiger charge is 2.12. The average molecular weight is 428 g/mol. The Bertz CT molecular complexity index is 594. The summed E-state index contributed by atoms with van der Waals surface area (Å²) in [5.74, 6) is 0.178. The molecular weight excluding hydrogens is 378 g/mol. The van der Waals surface area contributed by atoms with E-state index in [1.165, 1.54) is 81.8 Å². The first-order valence-corrected chi connectivity index (χ1v) is 12.9. The molecule has 176 valence electrons. The molecule has 1 amide bonds. The maximum Gasteiger partial charge on any atom is 0.220 e. The van der Waals surface area contributed by atoms with E-state index in [9.17, 15) is 4.79 Å². The Labute approximate surface area is 193 Å². The van der Waals surface area contributed by atoms with Gasteiger partial charge in [0.25, 0.3) is 0 Å². The van der Waals surface area contributed by atoms with Gasteiger partial charge in [-0.05, 0) is 48.6 Å². The summed E-state index contributed by atoms with van der Waals surface area (Å²) in [6, 6.07) is 8.60. The number of benzene rings is 1. The normalized spacial score (nSPS) is 11.9. The lowest BCUT2D eigenvalue weighted by Gasteiger charge is -2.19. The third-order valence-corrected chi connectivity index (χ3v) is 5.98. The number of unbranched alkanes of at least 4 members (excludes halogenated alkanes) is 11. The minimum Gasteiger partial charge on any atom is -0.352 e. The van der Waals surface area contributed by atoms with Crippen molar-refractivity contribution in [2.24, 2.45) is 0 Å². The van der Waals surface area contributed by atoms with Crippen molar-refractivity contribution in [3.8, 4) is 0 Å². The Morgan fingerprint density at radius 1 is 0.774 bits per heavy atom. The van der Waals surface area contributed by atoms with E-state index in [1.54, 1.807) is 0 Å². The van der Waals surface area contributed by atoms with Crippen LogP contribution in [0.1, 0.15) is 129 Å². The van der Waals surface area contributed by atoms with Crippen molar-refractivity contribution >= 4 is 5.91 Å². The number of rotatable bonds is 17. The van der Waals surface area contributed by atoms with Crippen LogP contribution in [0.2, 0.25) is 0 Å². The first kappa shape index (κ1) is 27.5. The number of allylic oxidation sites excluding steroid dienone is 2. The summed E-state index contributed by atoms with van der Waals surface area (Å²) in [6.45, 7) is 9.57. The number of carbonyl (C=O) groups is 1. The van der Waals surface area contributed by atoms with Crippen molar-refractivity contribution in [2.45, 2.75) is 130 Å². The SMILES string of the molecule is CCCCCCCC/C=C\CCCCCCCC(=O)NCc1ccc(C(C)(C)C)cc1. The van der Waals surface area contributed by atoms with E-state index in [0.29, 0.717) is 13.0 Å². The van der Waals surface area contributed by atoms with Crippen LogP contribution in [-0.2, 0) is 16.8 Å². The molecule has 0 aromatic heterocycles. The largest absolute Gasteiger partial charge is 0.352 e. The molecule has 2 heteroatoms. The number of amides is 1. The van der Waals surface area contributed by atoms with Gasteiger partial charge in [-0.1, -0.05) is 115 Å². The van der Waals surface area contributed by atoms with Crippen LogP contribution >= 0.6 is 0 Å². The second kappa shape index (κ2) is 17.0. The second-order valence-corrected chi connectivity index (χ2v) is 10.1. The van der Waals surface area contributed by atoms with E-state index >= 15 is 0 Å². The standard InChI is InChI=1S/C29H49NO/c1-5-6-7-8-9-10-11-12-13-14-15-16-17-18-19-20-28(31)30-25-26-21-23-27(24-22-26)29(2,3)4/h12-13,21-24H,5-11,14-20,25H2,1-4H3,(H,30,31)/b13-12-. The zero-order valence-electron chi connectivity index (χ0n) is 21.0. The minimum atomic E-state index is 0.172. The number of hydrogen-bond acceptors (Lipinski definition) is 1. The van der Waals surface area contributed by atoms with Crippen molar-refractivity contribution in [1.82, 2.24) is 5.32 Å². The van der Waals surface area contributed by atoms with Gasteiger partial charge in [0, 0.05) is 13.0 Å². The van der Waals surface area contributed by atoms with E-state index < -0.39 is 0 Å². The molecule has 0 saturated heterocycles. The van der Waals surface area contributed by atoms with Gasteiger partial charge in [-0.25, -0.2) is 0 Å². The fraction of sp³-hybridized carbons (Fsp3) is 0.690. The van der Waals surface area contributed by atoms with Gasteiger partial charge in [0.15, 0.2) is 0 Å². The minimum absolute atomic E-state index is 0.172. The van der Waals surface area contributed by atoms with E-state index in [1.807, 2.05) is 0 Å². The Kier molecular flexibility index (Phi) is 15.1. The Morgan fingerprint density at radius 2 is 1.29 bits per heavy atom. The summed E-state index contributed by atoms with van der Waals surface area (Å²) in [4.78, 5) is 12.1. The van der Waals surface area contributed by atoms with Crippen LogP contribution < -0.4 is 5.32 Å². The molecule has 0 fully saturated rings. The molecule has 0 saturated carbocycles. The zero-order valence-corrected chi connectivity index (χ0v) is 21.0. The molecule has 1 aromatic carbocycles. The molecule has 0 heterocycles. The van der Waals surface area contributed by atoms with E-state index in [4.69, 9.17) is 0 Å². The van der Waals surface area contributed by atoms with Crippen LogP contribution in [0.15, 0.2) is 36.4 Å². The molecule has 0 aliphatic rings. The fourth-order valence-corrected chi connectivity index (χ4v) is 3.77. The molecule has 1 aromatic rings. The molecule has 1 rings (SSSR count). The summed E-state index contributed by atoms with van der Waals surface area (Å²) in [6.07, 6.45) is 22.1. The fourth-order valence-electron chi connectivity index (χ4n) is 3.77. The Hall–Kier alpha value is -1.57. The molecule has 1 N–H and O–H groups in total. The highest BCUT2D eigenvalue weighted by Crippen LogP contribution is 2.22. The molecule has 0 radical (unpaired) electrons. The second-order valence-electron chi connectivity index (χ2n) is 10.1. The first-order valence-electron chi connectivity index (χ1n) is 12.9. The topological polar surface area (TPSA) is 29.1 Å². The van der Waals surface area contributed by atoms with Crippen LogP contribution in [0.4, 0.5) is 0 Å². The summed E-state index contributed by atoms with van der Waals surface area (Å²) in [5.41, 5.74) is 2.67. The molecule has 0 unspecified atom stereocenters. The smallest absolute Gasteiger partial charge is 0.220 e. The van der Waals surface area contributed by atoms with Gasteiger partial charge in [-0.3, -0.25) is 4.79 Å². The van der Waals surface area contributed by atoms with Crippen molar-refractivity contribution < 1.29 is 4.79 Å². The molecule has 2 nitrogen and oxygen atoms in total. The lowest BCUT2D eigenvalue weighted by Crippen LogP contribution is -2.22. The lowest BCUT2D eigenvalue weighted by molar-refractivity contribution is -0.121. The molecule has 0 aliphatic carbocycles. The molecule has 0 bridgehead atoms. The maximum atomic E-state index is 12.1. The van der Waals surface area contributed by atoms with E-state index in [2.05, 4.69) is 69.4 Å². The molecule has 0 spiro atoms. The summed E-state index contributed by atoms with van der Waals surface area (Å²) in [7, 11) is 0. The number of carbonyl (C=O) groups excluding carboxylic acids is 1. The monoisotopic (exact) mass is 427 g/mol. The summed E-state index contributed by atoms with van der Waals surface area (Å²) in [5, 5.41) is 3.06. The number of hydrogen-bond donors (Lipinski definition) is 1. The van der Waals surface area contributed by atoms with E-state index in [-0.39, 0.29) is 11.3 Å². The maximum absolute atomic E-state index is 12.1. The van der Waals surface area contributed by atoms with Gasteiger partial charge in [0.1, 0.15) is 0 Å². The van der Waals surface area contributed by atoms with Crippen LogP contribution in [0.3, 0.4) is 0 Å². The quantitative estimate of drug-likeness (QED) is 0.195. The highest BCUT2D eigenvalue weighted by atomic mass is 16.1. The predicted octanol–water partition coefficient (Wildman–Crippen LogP) is 8.64. The van der Waals surface area contributed by atoms with Gasteiger partial charge >= 0.3 is 0 Å². The van der Waals surface area contributed by atoms with Crippen LogP contribution in [0, 0.1) is 0 Å². The van der Waals surface area contributed by atoms with Gasteiger partial charge in [0.05, 0.1) is 0 Å². The van der Waals surface area contributed by atoms with Gasteiger partial charge in [-0.2, -0.15) is 0 Å². The molecule has 0 atom stereocenters. The van der Waals surface area contributed by atoms with Crippen LogP contribution in [0.25, 0.3) is 0 Å². The summed E-state index contributed by atoms with van der Waals surface area (Å²) >= 11 is 0.